The van der Waals surface area contributed by atoms with E-state index in [1.165, 1.54) is 23.1 Å². The number of ketones is 1. The number of benzene rings is 2. The summed E-state index contributed by atoms with van der Waals surface area (Å²) in [7, 11) is 3.10. The minimum absolute atomic E-state index is 0.158. The average molecular weight is 285 g/mol. The van der Waals surface area contributed by atoms with Gasteiger partial charge < -0.3 is 14.7 Å². The van der Waals surface area contributed by atoms with Crippen LogP contribution in [-0.4, -0.2) is 36.0 Å². The van der Waals surface area contributed by atoms with Crippen LogP contribution >= 0.6 is 0 Å². The van der Waals surface area contributed by atoms with Crippen molar-refractivity contribution < 1.29 is 19.4 Å². The Kier molecular flexibility index (Phi) is 4.23. The third kappa shape index (κ3) is 3.39. The second-order valence-electron chi connectivity index (χ2n) is 4.64. The number of rotatable bonds is 3. The minimum atomic E-state index is -0.559. The summed E-state index contributed by atoms with van der Waals surface area (Å²) in [6.45, 7) is 0. The topological polar surface area (TPSA) is 66.8 Å². The third-order valence-corrected chi connectivity index (χ3v) is 2.82. The SMILES string of the molecule is CN(C)C(=O)Oc1ccc(C(=O)c2ccccc2)c(O)c1. The molecular formula is C16H15NO4. The Labute approximate surface area is 122 Å². The van der Waals surface area contributed by atoms with Crippen LogP contribution in [0.5, 0.6) is 11.5 Å². The van der Waals surface area contributed by atoms with Gasteiger partial charge in [-0.3, -0.25) is 4.79 Å². The molecule has 0 unspecified atom stereocenters. The number of hydrogen-bond donors (Lipinski definition) is 1. The molecule has 0 bridgehead atoms. The number of phenolic OH excluding ortho intramolecular Hbond substituents is 1. The molecule has 5 heteroatoms. The largest absolute Gasteiger partial charge is 0.507 e. The van der Waals surface area contributed by atoms with Gasteiger partial charge in [-0.15, -0.1) is 0 Å². The third-order valence-electron chi connectivity index (χ3n) is 2.82. The number of nitrogens with zero attached hydrogens (tertiary/aromatic N) is 1. The van der Waals surface area contributed by atoms with Gasteiger partial charge in [-0.25, -0.2) is 4.79 Å². The van der Waals surface area contributed by atoms with Gasteiger partial charge >= 0.3 is 6.09 Å². The van der Waals surface area contributed by atoms with Crippen molar-refractivity contribution in [3.8, 4) is 11.5 Å². The van der Waals surface area contributed by atoms with Crippen LogP contribution in [0.2, 0.25) is 0 Å². The lowest BCUT2D eigenvalue weighted by Gasteiger charge is -2.11. The van der Waals surface area contributed by atoms with E-state index in [9.17, 15) is 14.7 Å². The Morgan fingerprint density at radius 1 is 1.05 bits per heavy atom. The van der Waals surface area contributed by atoms with Gasteiger partial charge in [0.15, 0.2) is 5.78 Å². The molecular weight excluding hydrogens is 270 g/mol. The molecule has 0 aliphatic rings. The van der Waals surface area contributed by atoms with Gasteiger partial charge in [0.05, 0.1) is 5.56 Å². The molecule has 5 nitrogen and oxygen atoms in total. The summed E-state index contributed by atoms with van der Waals surface area (Å²) in [6.07, 6.45) is -0.559. The van der Waals surface area contributed by atoms with Gasteiger partial charge in [0.1, 0.15) is 11.5 Å². The lowest BCUT2D eigenvalue weighted by molar-refractivity contribution is 0.103. The van der Waals surface area contributed by atoms with E-state index >= 15 is 0 Å². The molecule has 0 heterocycles. The van der Waals surface area contributed by atoms with E-state index in [4.69, 9.17) is 4.74 Å². The predicted octanol–water partition coefficient (Wildman–Crippen LogP) is 2.68. The molecule has 0 spiro atoms. The van der Waals surface area contributed by atoms with Crippen molar-refractivity contribution in [2.45, 2.75) is 0 Å². The molecule has 1 N–H and O–H groups in total. The Balaban J connectivity index is 2.24. The van der Waals surface area contributed by atoms with E-state index in [0.717, 1.165) is 0 Å². The molecule has 0 saturated heterocycles. The zero-order chi connectivity index (χ0) is 15.4. The highest BCUT2D eigenvalue weighted by molar-refractivity contribution is 6.10. The first-order chi connectivity index (χ1) is 9.99. The molecule has 108 valence electrons. The second-order valence-corrected chi connectivity index (χ2v) is 4.64. The fraction of sp³-hybridized carbons (Fsp3) is 0.125. The first-order valence-corrected chi connectivity index (χ1v) is 6.31. The number of carbonyl (C=O) groups excluding carboxylic acids is 2. The molecule has 1 amide bonds. The summed E-state index contributed by atoms with van der Waals surface area (Å²) in [5, 5.41) is 9.95. The van der Waals surface area contributed by atoms with Crippen LogP contribution in [0.3, 0.4) is 0 Å². The normalized spacial score (nSPS) is 10.0. The molecule has 0 fully saturated rings. The van der Waals surface area contributed by atoms with E-state index in [1.807, 2.05) is 0 Å². The Bertz CT molecular complexity index is 665. The van der Waals surface area contributed by atoms with E-state index in [-0.39, 0.29) is 22.8 Å². The fourth-order valence-electron chi connectivity index (χ4n) is 1.70. The molecule has 0 aromatic heterocycles. The highest BCUT2D eigenvalue weighted by Crippen LogP contribution is 2.26. The van der Waals surface area contributed by atoms with Gasteiger partial charge in [0, 0.05) is 25.7 Å². The molecule has 0 radical (unpaired) electrons. The summed E-state index contributed by atoms with van der Waals surface area (Å²) >= 11 is 0. The Hall–Kier alpha value is -2.82. The zero-order valence-corrected chi connectivity index (χ0v) is 11.7. The van der Waals surface area contributed by atoms with Gasteiger partial charge in [-0.2, -0.15) is 0 Å². The maximum atomic E-state index is 12.2. The van der Waals surface area contributed by atoms with Crippen LogP contribution < -0.4 is 4.74 Å². The number of phenols is 1. The van der Waals surface area contributed by atoms with E-state index < -0.39 is 6.09 Å². The van der Waals surface area contributed by atoms with Gasteiger partial charge in [-0.1, -0.05) is 30.3 Å². The van der Waals surface area contributed by atoms with Crippen LogP contribution in [0, 0.1) is 0 Å². The van der Waals surface area contributed by atoms with Crippen molar-refractivity contribution in [2.24, 2.45) is 0 Å². The van der Waals surface area contributed by atoms with E-state index in [0.29, 0.717) is 5.56 Å². The lowest BCUT2D eigenvalue weighted by Crippen LogP contribution is -2.25. The van der Waals surface area contributed by atoms with Crippen LogP contribution in [-0.2, 0) is 0 Å². The van der Waals surface area contributed by atoms with Gasteiger partial charge in [0.2, 0.25) is 0 Å². The van der Waals surface area contributed by atoms with Crippen molar-refractivity contribution in [3.05, 3.63) is 59.7 Å². The van der Waals surface area contributed by atoms with Crippen LogP contribution in [0.25, 0.3) is 0 Å². The first-order valence-electron chi connectivity index (χ1n) is 6.31. The molecule has 2 aromatic rings. The standard InChI is InChI=1S/C16H15NO4/c1-17(2)16(20)21-12-8-9-13(14(18)10-12)15(19)11-6-4-3-5-7-11/h3-10,18H,1-2H3. The van der Waals surface area contributed by atoms with Gasteiger partial charge in [-0.05, 0) is 12.1 Å². The van der Waals surface area contributed by atoms with Crippen LogP contribution in [0.1, 0.15) is 15.9 Å². The number of hydrogen-bond acceptors (Lipinski definition) is 4. The number of carbonyl (C=O) groups is 2. The monoisotopic (exact) mass is 285 g/mol. The maximum Gasteiger partial charge on any atom is 0.414 e. The molecule has 2 rings (SSSR count). The Morgan fingerprint density at radius 2 is 1.71 bits per heavy atom. The molecule has 0 atom stereocenters. The second kappa shape index (κ2) is 6.09. The van der Waals surface area contributed by atoms with Crippen LogP contribution in [0.4, 0.5) is 4.79 Å². The van der Waals surface area contributed by atoms with Gasteiger partial charge in [0.25, 0.3) is 0 Å². The summed E-state index contributed by atoms with van der Waals surface area (Å²) in [5.41, 5.74) is 0.636. The van der Waals surface area contributed by atoms with Crippen molar-refractivity contribution in [3.63, 3.8) is 0 Å². The number of aromatic hydroxyl groups is 1. The molecule has 0 saturated carbocycles. The van der Waals surface area contributed by atoms with Crippen LogP contribution in [0.15, 0.2) is 48.5 Å². The van der Waals surface area contributed by atoms with Crippen molar-refractivity contribution in [2.75, 3.05) is 14.1 Å². The maximum absolute atomic E-state index is 12.2. The van der Waals surface area contributed by atoms with Crippen molar-refractivity contribution in [1.82, 2.24) is 4.90 Å². The highest BCUT2D eigenvalue weighted by atomic mass is 16.6. The summed E-state index contributed by atoms with van der Waals surface area (Å²) in [5.74, 6) is -0.345. The van der Waals surface area contributed by atoms with Crippen molar-refractivity contribution in [1.29, 1.82) is 0 Å². The minimum Gasteiger partial charge on any atom is -0.507 e. The van der Waals surface area contributed by atoms with E-state index in [1.54, 1.807) is 44.4 Å². The molecule has 2 aromatic carbocycles. The van der Waals surface area contributed by atoms with E-state index in [2.05, 4.69) is 0 Å². The smallest absolute Gasteiger partial charge is 0.414 e. The van der Waals surface area contributed by atoms with Crippen molar-refractivity contribution >= 4 is 11.9 Å². The number of ether oxygens (including phenoxy) is 1. The average Bonchev–Trinajstić information content (AvgIpc) is 2.47. The lowest BCUT2D eigenvalue weighted by atomic mass is 10.0. The summed E-state index contributed by atoms with van der Waals surface area (Å²) < 4.78 is 5.01. The fourth-order valence-corrected chi connectivity index (χ4v) is 1.70. The summed E-state index contributed by atoms with van der Waals surface area (Å²) in [6, 6.07) is 12.8. The number of amides is 1. The summed E-state index contributed by atoms with van der Waals surface area (Å²) in [4.78, 5) is 24.9. The first kappa shape index (κ1) is 14.6. The highest BCUT2D eigenvalue weighted by Gasteiger charge is 2.15. The quantitative estimate of drug-likeness (QED) is 0.880. The Morgan fingerprint density at radius 3 is 2.29 bits per heavy atom. The molecule has 0 aliphatic heterocycles. The zero-order valence-electron chi connectivity index (χ0n) is 11.7. The molecule has 0 aliphatic carbocycles. The predicted molar refractivity (Wildman–Crippen MR) is 77.7 cm³/mol. The molecule has 21 heavy (non-hydrogen) atoms.